The first-order valence-electron chi connectivity index (χ1n) is 7.76. The molecule has 1 atom stereocenters. The lowest BCUT2D eigenvalue weighted by atomic mass is 10.0. The SMILES string of the molecule is O=C(NCC1Cc2cc(F)cc(-c3cnccn3)c2O1)c1ccsc1. The van der Waals surface area contributed by atoms with Gasteiger partial charge in [0.1, 0.15) is 17.7 Å². The minimum absolute atomic E-state index is 0.138. The van der Waals surface area contributed by atoms with Gasteiger partial charge in [0.2, 0.25) is 0 Å². The molecular weight excluding hydrogens is 341 g/mol. The fourth-order valence-electron chi connectivity index (χ4n) is 2.84. The summed E-state index contributed by atoms with van der Waals surface area (Å²) in [7, 11) is 0. The highest BCUT2D eigenvalue weighted by Crippen LogP contribution is 2.38. The summed E-state index contributed by atoms with van der Waals surface area (Å²) in [6, 6.07) is 4.64. The average Bonchev–Trinajstić information content (AvgIpc) is 3.29. The van der Waals surface area contributed by atoms with Gasteiger partial charge in [-0.25, -0.2) is 4.39 Å². The van der Waals surface area contributed by atoms with Crippen molar-refractivity contribution in [3.05, 3.63) is 64.5 Å². The van der Waals surface area contributed by atoms with Gasteiger partial charge in [0, 0.05) is 40.9 Å². The van der Waals surface area contributed by atoms with Crippen LogP contribution in [0.15, 0.2) is 47.5 Å². The van der Waals surface area contributed by atoms with E-state index in [0.717, 1.165) is 5.56 Å². The first-order chi connectivity index (χ1) is 12.2. The van der Waals surface area contributed by atoms with Gasteiger partial charge in [-0.1, -0.05) is 0 Å². The lowest BCUT2D eigenvalue weighted by molar-refractivity contribution is 0.0934. The third-order valence-corrected chi connectivity index (χ3v) is 4.66. The van der Waals surface area contributed by atoms with E-state index < -0.39 is 0 Å². The average molecular weight is 355 g/mol. The summed E-state index contributed by atoms with van der Waals surface area (Å²) in [4.78, 5) is 20.3. The number of nitrogens with zero attached hydrogens (tertiary/aromatic N) is 2. The smallest absolute Gasteiger partial charge is 0.252 e. The maximum Gasteiger partial charge on any atom is 0.252 e. The monoisotopic (exact) mass is 355 g/mol. The third kappa shape index (κ3) is 3.23. The van der Waals surface area contributed by atoms with Gasteiger partial charge in [-0.2, -0.15) is 11.3 Å². The van der Waals surface area contributed by atoms with E-state index >= 15 is 0 Å². The molecule has 7 heteroatoms. The normalized spacial score (nSPS) is 15.5. The van der Waals surface area contributed by atoms with Crippen molar-refractivity contribution in [1.29, 1.82) is 0 Å². The predicted molar refractivity (Wildman–Crippen MR) is 92.2 cm³/mol. The van der Waals surface area contributed by atoms with Gasteiger partial charge in [-0.05, 0) is 23.6 Å². The highest BCUT2D eigenvalue weighted by molar-refractivity contribution is 7.08. The second-order valence-corrected chi connectivity index (χ2v) is 6.48. The summed E-state index contributed by atoms with van der Waals surface area (Å²) in [6.07, 6.45) is 4.98. The molecule has 5 nitrogen and oxygen atoms in total. The largest absolute Gasteiger partial charge is 0.487 e. The fraction of sp³-hybridized carbons (Fsp3) is 0.167. The van der Waals surface area contributed by atoms with Crippen LogP contribution in [0.25, 0.3) is 11.3 Å². The molecule has 1 aliphatic rings. The van der Waals surface area contributed by atoms with Crippen molar-refractivity contribution in [2.75, 3.05) is 6.54 Å². The number of halogens is 1. The molecule has 3 aromatic rings. The first kappa shape index (κ1) is 15.7. The molecule has 0 aliphatic carbocycles. The molecule has 0 fully saturated rings. The van der Waals surface area contributed by atoms with Gasteiger partial charge in [0.05, 0.1) is 18.4 Å². The van der Waals surface area contributed by atoms with Crippen LogP contribution in [0.3, 0.4) is 0 Å². The highest BCUT2D eigenvalue weighted by Gasteiger charge is 2.27. The van der Waals surface area contributed by atoms with Gasteiger partial charge in [0.25, 0.3) is 5.91 Å². The number of carbonyl (C=O) groups excluding carboxylic acids is 1. The summed E-state index contributed by atoms with van der Waals surface area (Å²) < 4.78 is 19.9. The second kappa shape index (κ2) is 6.60. The molecule has 25 heavy (non-hydrogen) atoms. The van der Waals surface area contributed by atoms with Crippen LogP contribution in [0.4, 0.5) is 4.39 Å². The number of aromatic nitrogens is 2. The first-order valence-corrected chi connectivity index (χ1v) is 8.71. The van der Waals surface area contributed by atoms with E-state index in [2.05, 4.69) is 15.3 Å². The highest BCUT2D eigenvalue weighted by atomic mass is 32.1. The number of nitrogens with one attached hydrogen (secondary N) is 1. The van der Waals surface area contributed by atoms with E-state index in [1.807, 2.05) is 5.38 Å². The number of hydrogen-bond acceptors (Lipinski definition) is 5. The quantitative estimate of drug-likeness (QED) is 0.781. The molecular formula is C18H14FN3O2S. The summed E-state index contributed by atoms with van der Waals surface area (Å²) in [5.41, 5.74) is 2.54. The van der Waals surface area contributed by atoms with E-state index in [1.54, 1.807) is 30.0 Å². The standard InChI is InChI=1S/C18H14FN3O2S/c19-13-5-12-6-14(8-22-18(23)11-1-4-25-10-11)24-17(12)15(7-13)16-9-20-2-3-21-16/h1-5,7,9-10,14H,6,8H2,(H,22,23). The van der Waals surface area contributed by atoms with E-state index in [0.29, 0.717) is 35.5 Å². The van der Waals surface area contributed by atoms with Crippen LogP contribution in [0.5, 0.6) is 5.75 Å². The maximum absolute atomic E-state index is 14.0. The Labute approximate surface area is 147 Å². The summed E-state index contributed by atoms with van der Waals surface area (Å²) >= 11 is 1.47. The van der Waals surface area contributed by atoms with Gasteiger partial charge in [-0.15, -0.1) is 0 Å². The van der Waals surface area contributed by atoms with E-state index in [-0.39, 0.29) is 17.8 Å². The van der Waals surface area contributed by atoms with Crippen LogP contribution in [0.2, 0.25) is 0 Å². The Kier molecular flexibility index (Phi) is 4.15. The summed E-state index contributed by atoms with van der Waals surface area (Å²) in [5, 5.41) is 6.50. The molecule has 1 N–H and O–H groups in total. The molecule has 1 aromatic carbocycles. The van der Waals surface area contributed by atoms with Crippen molar-refractivity contribution in [2.24, 2.45) is 0 Å². The molecule has 0 saturated heterocycles. The number of benzene rings is 1. The van der Waals surface area contributed by atoms with Crippen molar-refractivity contribution in [2.45, 2.75) is 12.5 Å². The fourth-order valence-corrected chi connectivity index (χ4v) is 3.47. The van der Waals surface area contributed by atoms with Crippen molar-refractivity contribution in [3.8, 4) is 17.0 Å². The summed E-state index contributed by atoms with van der Waals surface area (Å²) in [6.45, 7) is 0.352. The van der Waals surface area contributed by atoms with Gasteiger partial charge in [0.15, 0.2) is 0 Å². The van der Waals surface area contributed by atoms with Crippen LogP contribution in [-0.4, -0.2) is 28.5 Å². The number of amides is 1. The number of carbonyl (C=O) groups is 1. The Hall–Kier alpha value is -2.80. The van der Waals surface area contributed by atoms with Crippen LogP contribution in [-0.2, 0) is 6.42 Å². The number of rotatable bonds is 4. The Morgan fingerprint density at radius 1 is 1.40 bits per heavy atom. The number of fused-ring (bicyclic) bond motifs is 1. The second-order valence-electron chi connectivity index (χ2n) is 5.70. The molecule has 4 rings (SSSR count). The maximum atomic E-state index is 14.0. The Bertz CT molecular complexity index is 900. The molecule has 126 valence electrons. The van der Waals surface area contributed by atoms with Gasteiger partial charge < -0.3 is 10.1 Å². The zero-order valence-corrected chi connectivity index (χ0v) is 13.9. The minimum atomic E-state index is -0.342. The molecule has 0 spiro atoms. The van der Waals surface area contributed by atoms with Crippen LogP contribution >= 0.6 is 11.3 Å². The van der Waals surface area contributed by atoms with Crippen LogP contribution < -0.4 is 10.1 Å². The zero-order chi connectivity index (χ0) is 17.2. The molecule has 0 radical (unpaired) electrons. The molecule has 2 aromatic heterocycles. The van der Waals surface area contributed by atoms with E-state index in [9.17, 15) is 9.18 Å². The van der Waals surface area contributed by atoms with Crippen molar-refractivity contribution < 1.29 is 13.9 Å². The molecule has 1 unspecified atom stereocenters. The number of hydrogen-bond donors (Lipinski definition) is 1. The topological polar surface area (TPSA) is 64.1 Å². The Balaban J connectivity index is 1.51. The third-order valence-electron chi connectivity index (χ3n) is 3.98. The van der Waals surface area contributed by atoms with Crippen LogP contribution in [0.1, 0.15) is 15.9 Å². The Morgan fingerprint density at radius 2 is 2.32 bits per heavy atom. The lowest BCUT2D eigenvalue weighted by Crippen LogP contribution is -2.34. The van der Waals surface area contributed by atoms with Gasteiger partial charge >= 0.3 is 0 Å². The van der Waals surface area contributed by atoms with Crippen LogP contribution in [0, 0.1) is 5.82 Å². The van der Waals surface area contributed by atoms with Crippen molar-refractivity contribution in [1.82, 2.24) is 15.3 Å². The van der Waals surface area contributed by atoms with Crippen molar-refractivity contribution in [3.63, 3.8) is 0 Å². The number of ether oxygens (including phenoxy) is 1. The zero-order valence-electron chi connectivity index (χ0n) is 13.1. The predicted octanol–water partition coefficient (Wildman–Crippen LogP) is 3.08. The van der Waals surface area contributed by atoms with Crippen molar-refractivity contribution >= 4 is 17.2 Å². The summed E-state index contributed by atoms with van der Waals surface area (Å²) in [5.74, 6) is 0.129. The molecule has 1 aliphatic heterocycles. The Morgan fingerprint density at radius 3 is 3.08 bits per heavy atom. The molecule has 1 amide bonds. The molecule has 0 bridgehead atoms. The lowest BCUT2D eigenvalue weighted by Gasteiger charge is -2.13. The van der Waals surface area contributed by atoms with E-state index in [1.165, 1.54) is 23.5 Å². The molecule has 0 saturated carbocycles. The van der Waals surface area contributed by atoms with E-state index in [4.69, 9.17) is 4.74 Å². The van der Waals surface area contributed by atoms with Gasteiger partial charge in [-0.3, -0.25) is 14.8 Å². The molecule has 3 heterocycles. The minimum Gasteiger partial charge on any atom is -0.487 e. The number of thiophene rings is 1.